The fourth-order valence-corrected chi connectivity index (χ4v) is 3.08. The van der Waals surface area contributed by atoms with Crippen LogP contribution in [0.3, 0.4) is 0 Å². The molecule has 124 valence electrons. The number of methoxy groups -OCH3 is 1. The molecule has 24 heavy (non-hydrogen) atoms. The summed E-state index contributed by atoms with van der Waals surface area (Å²) in [5, 5.41) is 2.82. The van der Waals surface area contributed by atoms with Crippen LogP contribution in [0.1, 0.15) is 28.4 Å². The molecule has 0 aliphatic carbocycles. The van der Waals surface area contributed by atoms with Gasteiger partial charge in [-0.2, -0.15) is 0 Å². The molecule has 0 radical (unpaired) electrons. The van der Waals surface area contributed by atoms with Gasteiger partial charge < -0.3 is 15.0 Å². The average Bonchev–Trinajstić information content (AvgIpc) is 2.99. The van der Waals surface area contributed by atoms with Gasteiger partial charge in [-0.05, 0) is 37.1 Å². The standard InChI is InChI=1S/C19H20N2O3/c1-12-7-8-17(24-3)15(11-12)19(23)21-10-9-14-5-4-6-16(18(14)21)20-13(2)22/h4-8,11H,9-10H2,1-3H3,(H,20,22). The zero-order valence-corrected chi connectivity index (χ0v) is 14.1. The second-order valence-corrected chi connectivity index (χ2v) is 5.91. The Morgan fingerprint density at radius 2 is 2.00 bits per heavy atom. The van der Waals surface area contributed by atoms with E-state index >= 15 is 0 Å². The number of aryl methyl sites for hydroxylation is 1. The molecular weight excluding hydrogens is 304 g/mol. The first kappa shape index (κ1) is 16.1. The van der Waals surface area contributed by atoms with Crippen LogP contribution in [0.4, 0.5) is 11.4 Å². The van der Waals surface area contributed by atoms with Crippen LogP contribution in [0.25, 0.3) is 0 Å². The zero-order chi connectivity index (χ0) is 17.3. The highest BCUT2D eigenvalue weighted by atomic mass is 16.5. The maximum absolute atomic E-state index is 13.1. The molecular formula is C19H20N2O3. The summed E-state index contributed by atoms with van der Waals surface area (Å²) in [6.07, 6.45) is 0.766. The van der Waals surface area contributed by atoms with Crippen LogP contribution < -0.4 is 15.0 Å². The van der Waals surface area contributed by atoms with E-state index in [0.717, 1.165) is 23.2 Å². The van der Waals surface area contributed by atoms with Crippen molar-refractivity contribution in [3.05, 3.63) is 53.1 Å². The highest BCUT2D eigenvalue weighted by Gasteiger charge is 2.29. The molecule has 0 aromatic heterocycles. The number of hydrogen-bond donors (Lipinski definition) is 1. The Balaban J connectivity index is 2.04. The number of rotatable bonds is 3. The van der Waals surface area contributed by atoms with Crippen molar-refractivity contribution in [1.82, 2.24) is 0 Å². The summed E-state index contributed by atoms with van der Waals surface area (Å²) in [4.78, 5) is 26.3. The van der Waals surface area contributed by atoms with E-state index < -0.39 is 0 Å². The number of nitrogens with one attached hydrogen (secondary N) is 1. The van der Waals surface area contributed by atoms with Gasteiger partial charge in [-0.3, -0.25) is 9.59 Å². The fourth-order valence-electron chi connectivity index (χ4n) is 3.08. The lowest BCUT2D eigenvalue weighted by Crippen LogP contribution is -2.30. The van der Waals surface area contributed by atoms with Crippen LogP contribution in [0.2, 0.25) is 0 Å². The maximum Gasteiger partial charge on any atom is 0.262 e. The summed E-state index contributed by atoms with van der Waals surface area (Å²) in [5.41, 5.74) is 4.02. The second kappa shape index (κ2) is 6.35. The number of hydrogen-bond acceptors (Lipinski definition) is 3. The van der Waals surface area contributed by atoms with E-state index in [4.69, 9.17) is 4.74 Å². The number of nitrogens with zero attached hydrogens (tertiary/aromatic N) is 1. The molecule has 5 heteroatoms. The topological polar surface area (TPSA) is 58.6 Å². The smallest absolute Gasteiger partial charge is 0.262 e. The Hall–Kier alpha value is -2.82. The van der Waals surface area contributed by atoms with E-state index in [1.165, 1.54) is 6.92 Å². The Kier molecular flexibility index (Phi) is 4.25. The molecule has 2 amide bonds. The summed E-state index contributed by atoms with van der Waals surface area (Å²) >= 11 is 0. The Morgan fingerprint density at radius 3 is 2.71 bits per heavy atom. The molecule has 0 bridgehead atoms. The largest absolute Gasteiger partial charge is 0.496 e. The number of anilines is 2. The number of benzene rings is 2. The maximum atomic E-state index is 13.1. The van der Waals surface area contributed by atoms with Crippen molar-refractivity contribution >= 4 is 23.2 Å². The summed E-state index contributed by atoms with van der Waals surface area (Å²) in [6, 6.07) is 11.3. The predicted octanol–water partition coefficient (Wildman–Crippen LogP) is 3.16. The highest BCUT2D eigenvalue weighted by molar-refractivity contribution is 6.11. The lowest BCUT2D eigenvalue weighted by molar-refractivity contribution is -0.114. The first-order valence-electron chi connectivity index (χ1n) is 7.87. The normalized spacial score (nSPS) is 12.7. The fraction of sp³-hybridized carbons (Fsp3) is 0.263. The summed E-state index contributed by atoms with van der Waals surface area (Å²) in [7, 11) is 1.56. The van der Waals surface area contributed by atoms with E-state index in [1.807, 2.05) is 37.3 Å². The molecule has 5 nitrogen and oxygen atoms in total. The van der Waals surface area contributed by atoms with Crippen molar-refractivity contribution in [1.29, 1.82) is 0 Å². The monoisotopic (exact) mass is 324 g/mol. The molecule has 1 aliphatic rings. The molecule has 2 aromatic rings. The van der Waals surface area contributed by atoms with Gasteiger partial charge >= 0.3 is 0 Å². The highest BCUT2D eigenvalue weighted by Crippen LogP contribution is 2.37. The van der Waals surface area contributed by atoms with Gasteiger partial charge in [-0.15, -0.1) is 0 Å². The Bertz CT molecular complexity index is 814. The van der Waals surface area contributed by atoms with Gasteiger partial charge in [-0.25, -0.2) is 0 Å². The summed E-state index contributed by atoms with van der Waals surface area (Å²) < 4.78 is 5.35. The van der Waals surface area contributed by atoms with Crippen LogP contribution in [0.15, 0.2) is 36.4 Å². The number of ether oxygens (including phenoxy) is 1. The molecule has 1 aliphatic heterocycles. The lowest BCUT2D eigenvalue weighted by Gasteiger charge is -2.21. The molecule has 3 rings (SSSR count). The van der Waals surface area contributed by atoms with Crippen molar-refractivity contribution in [2.75, 3.05) is 23.9 Å². The van der Waals surface area contributed by atoms with Gasteiger partial charge in [0.1, 0.15) is 5.75 Å². The minimum atomic E-state index is -0.157. The van der Waals surface area contributed by atoms with Gasteiger partial charge in [0, 0.05) is 13.5 Å². The van der Waals surface area contributed by atoms with Crippen molar-refractivity contribution in [2.24, 2.45) is 0 Å². The van der Waals surface area contributed by atoms with Gasteiger partial charge in [0.25, 0.3) is 5.91 Å². The first-order chi connectivity index (χ1) is 11.5. The van der Waals surface area contributed by atoms with Gasteiger partial charge in [0.05, 0.1) is 24.0 Å². The van der Waals surface area contributed by atoms with Crippen LogP contribution in [-0.4, -0.2) is 25.5 Å². The van der Waals surface area contributed by atoms with Crippen molar-refractivity contribution in [2.45, 2.75) is 20.3 Å². The van der Waals surface area contributed by atoms with Crippen molar-refractivity contribution in [3.8, 4) is 5.75 Å². The molecule has 0 saturated heterocycles. The van der Waals surface area contributed by atoms with Crippen molar-refractivity contribution < 1.29 is 14.3 Å². The molecule has 0 atom stereocenters. The average molecular weight is 324 g/mol. The van der Waals surface area contributed by atoms with Gasteiger partial charge in [0.15, 0.2) is 0 Å². The van der Waals surface area contributed by atoms with Crippen molar-refractivity contribution in [3.63, 3.8) is 0 Å². The van der Waals surface area contributed by atoms with E-state index in [1.54, 1.807) is 18.1 Å². The SMILES string of the molecule is COc1ccc(C)cc1C(=O)N1CCc2cccc(NC(C)=O)c21. The third-order valence-electron chi connectivity index (χ3n) is 4.14. The minimum absolute atomic E-state index is 0.118. The minimum Gasteiger partial charge on any atom is -0.496 e. The molecule has 0 saturated carbocycles. The molecule has 0 spiro atoms. The summed E-state index contributed by atoms with van der Waals surface area (Å²) in [5.74, 6) is 0.277. The third kappa shape index (κ3) is 2.85. The zero-order valence-electron chi connectivity index (χ0n) is 14.1. The number of carbonyl (C=O) groups excluding carboxylic acids is 2. The first-order valence-corrected chi connectivity index (χ1v) is 7.87. The molecule has 1 heterocycles. The molecule has 1 N–H and O–H groups in total. The van der Waals surface area contributed by atoms with E-state index in [0.29, 0.717) is 23.5 Å². The van der Waals surface area contributed by atoms with Crippen LogP contribution in [-0.2, 0) is 11.2 Å². The van der Waals surface area contributed by atoms with E-state index in [2.05, 4.69) is 5.32 Å². The Labute approximate surface area is 141 Å². The Morgan fingerprint density at radius 1 is 1.21 bits per heavy atom. The molecule has 0 unspecified atom stereocenters. The number of carbonyl (C=O) groups is 2. The predicted molar refractivity (Wildman–Crippen MR) is 93.9 cm³/mol. The van der Waals surface area contributed by atoms with Crippen LogP contribution in [0, 0.1) is 6.92 Å². The van der Waals surface area contributed by atoms with Crippen LogP contribution in [0.5, 0.6) is 5.75 Å². The molecule has 0 fully saturated rings. The quantitative estimate of drug-likeness (QED) is 0.943. The van der Waals surface area contributed by atoms with Crippen LogP contribution >= 0.6 is 0 Å². The van der Waals surface area contributed by atoms with Gasteiger partial charge in [-0.1, -0.05) is 23.8 Å². The van der Waals surface area contributed by atoms with E-state index in [-0.39, 0.29) is 11.8 Å². The number of para-hydroxylation sites is 1. The van der Waals surface area contributed by atoms with E-state index in [9.17, 15) is 9.59 Å². The summed E-state index contributed by atoms with van der Waals surface area (Å²) in [6.45, 7) is 3.99. The van der Waals surface area contributed by atoms with Gasteiger partial charge in [0.2, 0.25) is 5.91 Å². The lowest BCUT2D eigenvalue weighted by atomic mass is 10.1. The number of amides is 2. The number of fused-ring (bicyclic) bond motifs is 1. The molecule has 2 aromatic carbocycles. The second-order valence-electron chi connectivity index (χ2n) is 5.91. The third-order valence-corrected chi connectivity index (χ3v) is 4.14.